The number of carbonyl (C=O) groups excluding carboxylic acids is 2. The zero-order chi connectivity index (χ0) is 20.6. The van der Waals surface area contributed by atoms with Gasteiger partial charge in [0.2, 0.25) is 10.9 Å². The lowest BCUT2D eigenvalue weighted by atomic mass is 10.2. The number of halogens is 2. The monoisotopic (exact) mass is 418 g/mol. The van der Waals surface area contributed by atoms with E-state index in [-0.39, 0.29) is 36.5 Å². The fraction of sp³-hybridized carbons (Fsp3) is 0.158. The molecule has 0 spiro atoms. The first kappa shape index (κ1) is 20.5. The molecule has 7 nitrogen and oxygen atoms in total. The van der Waals surface area contributed by atoms with Gasteiger partial charge in [-0.15, -0.1) is 10.2 Å². The third kappa shape index (κ3) is 6.40. The Morgan fingerprint density at radius 2 is 1.83 bits per heavy atom. The van der Waals surface area contributed by atoms with Gasteiger partial charge in [0.25, 0.3) is 5.91 Å². The second-order valence-electron chi connectivity index (χ2n) is 5.86. The molecule has 150 valence electrons. The number of nitrogens with zero attached hydrogens (tertiary/aromatic N) is 2. The third-order valence-electron chi connectivity index (χ3n) is 3.61. The summed E-state index contributed by atoms with van der Waals surface area (Å²) in [6.07, 6.45) is 0. The average Bonchev–Trinajstić information content (AvgIpc) is 3.17. The molecule has 2 aromatic carbocycles. The number of benzene rings is 2. The molecule has 0 bridgehead atoms. The number of anilines is 1. The Bertz CT molecular complexity index is 995. The lowest BCUT2D eigenvalue weighted by Gasteiger charge is -2.05. The minimum absolute atomic E-state index is 0.00881. The van der Waals surface area contributed by atoms with Crippen LogP contribution >= 0.6 is 11.3 Å². The van der Waals surface area contributed by atoms with Gasteiger partial charge in [-0.1, -0.05) is 29.5 Å². The molecule has 1 heterocycles. The number of ether oxygens (including phenoxy) is 1. The second-order valence-corrected chi connectivity index (χ2v) is 6.92. The first-order chi connectivity index (χ1) is 14.0. The molecule has 10 heteroatoms. The molecule has 2 N–H and O–H groups in total. The maximum absolute atomic E-state index is 13.2. The Labute approximate surface area is 168 Å². The fourth-order valence-electron chi connectivity index (χ4n) is 2.24. The van der Waals surface area contributed by atoms with Crippen LogP contribution in [0.4, 0.5) is 14.5 Å². The van der Waals surface area contributed by atoms with Gasteiger partial charge in [0.05, 0.1) is 0 Å². The molecular formula is C19H16F2N4O3S. The predicted molar refractivity (Wildman–Crippen MR) is 102 cm³/mol. The quantitative estimate of drug-likeness (QED) is 0.587. The van der Waals surface area contributed by atoms with Gasteiger partial charge in [-0.25, -0.2) is 8.78 Å². The zero-order valence-electron chi connectivity index (χ0n) is 15.0. The highest BCUT2D eigenvalue weighted by molar-refractivity contribution is 7.13. The largest absolute Gasteiger partial charge is 0.364 e. The minimum atomic E-state index is -0.517. The van der Waals surface area contributed by atoms with Crippen LogP contribution in [0.1, 0.15) is 20.4 Å². The van der Waals surface area contributed by atoms with E-state index in [1.54, 1.807) is 18.2 Å². The van der Waals surface area contributed by atoms with Crippen LogP contribution < -0.4 is 10.6 Å². The van der Waals surface area contributed by atoms with E-state index < -0.39 is 11.7 Å². The average molecular weight is 418 g/mol. The lowest BCUT2D eigenvalue weighted by Crippen LogP contribution is -2.27. The molecule has 0 aliphatic heterocycles. The smallest absolute Gasteiger partial charge is 0.286 e. The molecule has 0 atom stereocenters. The van der Waals surface area contributed by atoms with Gasteiger partial charge in [0.15, 0.2) is 0 Å². The minimum Gasteiger partial charge on any atom is -0.364 e. The highest BCUT2D eigenvalue weighted by Gasteiger charge is 2.14. The van der Waals surface area contributed by atoms with E-state index in [0.29, 0.717) is 10.7 Å². The van der Waals surface area contributed by atoms with E-state index in [0.717, 1.165) is 16.9 Å². The third-order valence-corrected chi connectivity index (χ3v) is 4.50. The Balaban J connectivity index is 1.41. The van der Waals surface area contributed by atoms with Gasteiger partial charge in [-0.3, -0.25) is 9.59 Å². The first-order valence-electron chi connectivity index (χ1n) is 8.48. The summed E-state index contributed by atoms with van der Waals surface area (Å²) in [6.45, 7) is 0.0617. The summed E-state index contributed by atoms with van der Waals surface area (Å²) in [5, 5.41) is 13.3. The van der Waals surface area contributed by atoms with E-state index in [1.165, 1.54) is 30.3 Å². The summed E-state index contributed by atoms with van der Waals surface area (Å²) in [5.41, 5.74) is 1.07. The van der Waals surface area contributed by atoms with Crippen LogP contribution in [0.3, 0.4) is 0 Å². The zero-order valence-corrected chi connectivity index (χ0v) is 15.8. The first-order valence-corrected chi connectivity index (χ1v) is 9.29. The van der Waals surface area contributed by atoms with Gasteiger partial charge in [0, 0.05) is 12.2 Å². The summed E-state index contributed by atoms with van der Waals surface area (Å²) in [7, 11) is 0. The van der Waals surface area contributed by atoms with Crippen molar-refractivity contribution in [3.8, 4) is 0 Å². The Morgan fingerprint density at radius 1 is 1.03 bits per heavy atom. The fourth-order valence-corrected chi connectivity index (χ4v) is 2.91. The summed E-state index contributed by atoms with van der Waals surface area (Å²) >= 11 is 1.01. The highest BCUT2D eigenvalue weighted by Crippen LogP contribution is 2.15. The molecule has 0 fully saturated rings. The van der Waals surface area contributed by atoms with Crippen LogP contribution in [-0.2, 0) is 22.7 Å². The van der Waals surface area contributed by atoms with Crippen molar-refractivity contribution in [2.45, 2.75) is 13.2 Å². The number of hydrogen-bond donors (Lipinski definition) is 2. The van der Waals surface area contributed by atoms with Crippen LogP contribution in [0.5, 0.6) is 0 Å². The summed E-state index contributed by atoms with van der Waals surface area (Å²) in [4.78, 5) is 23.9. The van der Waals surface area contributed by atoms with E-state index in [4.69, 9.17) is 4.74 Å². The molecule has 3 aromatic rings. The van der Waals surface area contributed by atoms with Gasteiger partial charge >= 0.3 is 0 Å². The summed E-state index contributed by atoms with van der Waals surface area (Å²) in [5.74, 6) is -1.67. The number of aromatic nitrogens is 2. The van der Waals surface area contributed by atoms with Gasteiger partial charge in [-0.05, 0) is 35.9 Å². The van der Waals surface area contributed by atoms with Crippen molar-refractivity contribution in [2.75, 3.05) is 11.9 Å². The molecule has 0 aliphatic rings. The molecule has 3 rings (SSSR count). The standard InChI is InChI=1S/C19H16F2N4O3S/c20-13-6-4-12(5-7-13)9-22-16(26)10-28-11-17-24-25-19(29-17)18(27)23-15-3-1-2-14(21)8-15/h1-8H,9-11H2,(H,22,26)(H,23,27). The topological polar surface area (TPSA) is 93.2 Å². The van der Waals surface area contributed by atoms with E-state index in [1.807, 2.05) is 0 Å². The Hall–Kier alpha value is -3.24. The Kier molecular flexibility index (Phi) is 6.93. The van der Waals surface area contributed by atoms with Crippen LogP contribution in [0.25, 0.3) is 0 Å². The molecule has 0 saturated carbocycles. The molecule has 0 unspecified atom stereocenters. The highest BCUT2D eigenvalue weighted by atomic mass is 32.1. The molecule has 1 aromatic heterocycles. The normalized spacial score (nSPS) is 10.6. The number of carbonyl (C=O) groups is 2. The van der Waals surface area contributed by atoms with Crippen LogP contribution in [-0.4, -0.2) is 28.6 Å². The molecule has 0 saturated heterocycles. The SMILES string of the molecule is O=C(COCc1nnc(C(=O)Nc2cccc(F)c2)s1)NCc1ccc(F)cc1. The molecule has 29 heavy (non-hydrogen) atoms. The van der Waals surface area contributed by atoms with Crippen molar-refractivity contribution in [2.24, 2.45) is 0 Å². The van der Waals surface area contributed by atoms with Crippen LogP contribution in [0.2, 0.25) is 0 Å². The number of rotatable bonds is 8. The van der Waals surface area contributed by atoms with Gasteiger partial charge < -0.3 is 15.4 Å². The predicted octanol–water partition coefficient (Wildman–Crippen LogP) is 2.90. The van der Waals surface area contributed by atoms with Gasteiger partial charge in [0.1, 0.15) is 29.9 Å². The molecule has 0 radical (unpaired) electrons. The molecule has 0 aliphatic carbocycles. The number of hydrogen-bond acceptors (Lipinski definition) is 6. The second kappa shape index (κ2) is 9.80. The van der Waals surface area contributed by atoms with E-state index in [9.17, 15) is 18.4 Å². The summed E-state index contributed by atoms with van der Waals surface area (Å²) < 4.78 is 31.3. The maximum Gasteiger partial charge on any atom is 0.286 e. The maximum atomic E-state index is 13.2. The number of amides is 2. The lowest BCUT2D eigenvalue weighted by molar-refractivity contribution is -0.126. The van der Waals surface area contributed by atoms with E-state index in [2.05, 4.69) is 20.8 Å². The van der Waals surface area contributed by atoms with Crippen molar-refractivity contribution in [1.29, 1.82) is 0 Å². The van der Waals surface area contributed by atoms with Crippen LogP contribution in [0, 0.1) is 11.6 Å². The summed E-state index contributed by atoms with van der Waals surface area (Å²) in [6, 6.07) is 11.3. The van der Waals surface area contributed by atoms with Gasteiger partial charge in [-0.2, -0.15) is 0 Å². The van der Waals surface area contributed by atoms with Crippen molar-refractivity contribution in [1.82, 2.24) is 15.5 Å². The van der Waals surface area contributed by atoms with Crippen molar-refractivity contribution >= 4 is 28.8 Å². The van der Waals surface area contributed by atoms with Crippen molar-refractivity contribution < 1.29 is 23.1 Å². The van der Waals surface area contributed by atoms with Crippen LogP contribution in [0.15, 0.2) is 48.5 Å². The molecular weight excluding hydrogens is 402 g/mol. The van der Waals surface area contributed by atoms with E-state index >= 15 is 0 Å². The Morgan fingerprint density at radius 3 is 2.59 bits per heavy atom. The van der Waals surface area contributed by atoms with Crippen molar-refractivity contribution in [3.63, 3.8) is 0 Å². The van der Waals surface area contributed by atoms with Crippen molar-refractivity contribution in [3.05, 3.63) is 75.7 Å². The number of nitrogens with one attached hydrogen (secondary N) is 2. The molecule has 2 amide bonds.